The number of benzene rings is 1. The van der Waals surface area contributed by atoms with Gasteiger partial charge in [-0.1, -0.05) is 30.3 Å². The van der Waals surface area contributed by atoms with E-state index in [1.165, 1.54) is 5.56 Å². The molecule has 92 valence electrons. The Balaban J connectivity index is 1.93. The van der Waals surface area contributed by atoms with E-state index in [0.29, 0.717) is 0 Å². The highest BCUT2D eigenvalue weighted by molar-refractivity contribution is 5.39. The van der Waals surface area contributed by atoms with Crippen LogP contribution in [0.3, 0.4) is 0 Å². The molecule has 18 heavy (non-hydrogen) atoms. The van der Waals surface area contributed by atoms with Crippen molar-refractivity contribution in [3.05, 3.63) is 41.5 Å². The molecule has 0 saturated carbocycles. The van der Waals surface area contributed by atoms with Gasteiger partial charge in [-0.2, -0.15) is 9.97 Å². The van der Waals surface area contributed by atoms with Crippen LogP contribution in [0.1, 0.15) is 5.56 Å². The second kappa shape index (κ2) is 4.14. The lowest BCUT2D eigenvalue weighted by atomic mass is 10.2. The van der Waals surface area contributed by atoms with E-state index in [0.717, 1.165) is 25.6 Å². The molecule has 2 aromatic rings. The Morgan fingerprint density at radius 1 is 1.17 bits per heavy atom. The molecule has 3 rings (SSSR count). The van der Waals surface area contributed by atoms with E-state index < -0.39 is 0 Å². The minimum atomic E-state index is 0.159. The van der Waals surface area contributed by atoms with Gasteiger partial charge in [-0.25, -0.2) is 0 Å². The van der Waals surface area contributed by atoms with Gasteiger partial charge in [0.2, 0.25) is 17.5 Å². The number of nitrogens with two attached hydrogens (primary N) is 1. The van der Waals surface area contributed by atoms with Crippen molar-refractivity contribution in [2.45, 2.75) is 13.1 Å². The fraction of sp³-hybridized carbons (Fsp3) is 0.250. The van der Waals surface area contributed by atoms with Crippen LogP contribution in [-0.2, 0) is 13.1 Å². The van der Waals surface area contributed by atoms with E-state index >= 15 is 0 Å². The third-order valence-corrected chi connectivity index (χ3v) is 3.02. The Bertz CT molecular complexity index is 618. The first-order valence-corrected chi connectivity index (χ1v) is 5.82. The van der Waals surface area contributed by atoms with Crippen LogP contribution in [0.5, 0.6) is 0 Å². The zero-order chi connectivity index (χ0) is 12.5. The van der Waals surface area contributed by atoms with Gasteiger partial charge < -0.3 is 10.6 Å². The van der Waals surface area contributed by atoms with Gasteiger partial charge in [0.15, 0.2) is 0 Å². The third-order valence-electron chi connectivity index (χ3n) is 3.02. The minimum Gasteiger partial charge on any atom is -0.368 e. The van der Waals surface area contributed by atoms with E-state index in [4.69, 9.17) is 11.1 Å². The summed E-state index contributed by atoms with van der Waals surface area (Å²) in [7, 11) is 0. The van der Waals surface area contributed by atoms with Crippen molar-refractivity contribution in [1.82, 2.24) is 14.5 Å². The van der Waals surface area contributed by atoms with Crippen molar-refractivity contribution < 1.29 is 0 Å². The Kier molecular flexibility index (Phi) is 2.47. The zero-order valence-corrected chi connectivity index (χ0v) is 9.87. The highest BCUT2D eigenvalue weighted by Crippen LogP contribution is 2.18. The van der Waals surface area contributed by atoms with Gasteiger partial charge in [0.1, 0.15) is 0 Å². The van der Waals surface area contributed by atoms with E-state index in [9.17, 15) is 0 Å². The molecule has 0 fully saturated rings. The predicted octanol–water partition coefficient (Wildman–Crippen LogP) is 0.360. The van der Waals surface area contributed by atoms with Crippen LogP contribution in [0.15, 0.2) is 30.3 Å². The van der Waals surface area contributed by atoms with E-state index in [1.54, 1.807) is 4.57 Å². The molecule has 0 unspecified atom stereocenters. The SMILES string of the molecule is N=c1nc(N)nc2n1CCN2Cc1ccccc1. The number of rotatable bonds is 2. The predicted molar refractivity (Wildman–Crippen MR) is 67.8 cm³/mol. The monoisotopic (exact) mass is 242 g/mol. The molecule has 1 aromatic heterocycles. The van der Waals surface area contributed by atoms with E-state index in [1.807, 2.05) is 18.2 Å². The third kappa shape index (κ3) is 1.81. The lowest BCUT2D eigenvalue weighted by molar-refractivity contribution is 0.695. The van der Waals surface area contributed by atoms with Crippen molar-refractivity contribution in [2.75, 3.05) is 17.2 Å². The molecular weight excluding hydrogens is 228 g/mol. The molecule has 2 heterocycles. The number of fused-ring (bicyclic) bond motifs is 1. The Hall–Kier alpha value is -2.37. The molecule has 3 N–H and O–H groups in total. The van der Waals surface area contributed by atoms with Gasteiger partial charge in [-0.3, -0.25) is 9.98 Å². The molecule has 6 nitrogen and oxygen atoms in total. The summed E-state index contributed by atoms with van der Waals surface area (Å²) in [6, 6.07) is 10.2. The largest absolute Gasteiger partial charge is 0.368 e. The van der Waals surface area contributed by atoms with Gasteiger partial charge in [0.05, 0.1) is 0 Å². The van der Waals surface area contributed by atoms with Crippen molar-refractivity contribution in [2.24, 2.45) is 0 Å². The van der Waals surface area contributed by atoms with Gasteiger partial charge in [-0.15, -0.1) is 0 Å². The van der Waals surface area contributed by atoms with Crippen molar-refractivity contribution in [3.63, 3.8) is 0 Å². The van der Waals surface area contributed by atoms with Crippen LogP contribution in [0.2, 0.25) is 0 Å². The summed E-state index contributed by atoms with van der Waals surface area (Å²) in [5, 5.41) is 7.77. The number of nitrogens with zero attached hydrogens (tertiary/aromatic N) is 4. The van der Waals surface area contributed by atoms with Crippen LogP contribution in [0.25, 0.3) is 0 Å². The standard InChI is InChI=1S/C12H14N6/c13-10-15-11(14)18-7-6-17(12(18)16-10)8-9-4-2-1-3-5-9/h1-5H,6-8H2,(H3,13,14,15). The van der Waals surface area contributed by atoms with Gasteiger partial charge in [-0.05, 0) is 5.56 Å². The summed E-state index contributed by atoms with van der Waals surface area (Å²) in [5.74, 6) is 0.891. The Labute approximate surface area is 104 Å². The Morgan fingerprint density at radius 3 is 2.72 bits per heavy atom. The van der Waals surface area contributed by atoms with E-state index in [2.05, 4.69) is 27.0 Å². The highest BCUT2D eigenvalue weighted by Gasteiger charge is 2.21. The molecule has 0 aliphatic carbocycles. The lowest BCUT2D eigenvalue weighted by Gasteiger charge is -2.17. The number of anilines is 2. The first-order chi connectivity index (χ1) is 8.74. The molecule has 0 spiro atoms. The van der Waals surface area contributed by atoms with Crippen LogP contribution in [0.4, 0.5) is 11.9 Å². The van der Waals surface area contributed by atoms with Gasteiger partial charge >= 0.3 is 0 Å². The van der Waals surface area contributed by atoms with Crippen LogP contribution < -0.4 is 16.3 Å². The second-order valence-corrected chi connectivity index (χ2v) is 4.26. The summed E-state index contributed by atoms with van der Waals surface area (Å²) < 4.78 is 1.78. The second-order valence-electron chi connectivity index (χ2n) is 4.26. The highest BCUT2D eigenvalue weighted by atomic mass is 15.4. The van der Waals surface area contributed by atoms with Crippen molar-refractivity contribution in [3.8, 4) is 0 Å². The molecule has 6 heteroatoms. The first kappa shape index (κ1) is 10.8. The van der Waals surface area contributed by atoms with Crippen LogP contribution in [-0.4, -0.2) is 21.1 Å². The van der Waals surface area contributed by atoms with Gasteiger partial charge in [0, 0.05) is 19.6 Å². The van der Waals surface area contributed by atoms with Crippen molar-refractivity contribution >= 4 is 11.9 Å². The maximum absolute atomic E-state index is 7.77. The smallest absolute Gasteiger partial charge is 0.228 e. The number of hydrogen-bond acceptors (Lipinski definition) is 5. The van der Waals surface area contributed by atoms with E-state index in [-0.39, 0.29) is 11.6 Å². The molecule has 1 aliphatic heterocycles. The number of aromatic nitrogens is 3. The normalized spacial score (nSPS) is 13.7. The van der Waals surface area contributed by atoms with Crippen LogP contribution >= 0.6 is 0 Å². The van der Waals surface area contributed by atoms with Gasteiger partial charge in [0.25, 0.3) is 0 Å². The molecule has 0 radical (unpaired) electrons. The minimum absolute atomic E-state index is 0.159. The lowest BCUT2D eigenvalue weighted by Crippen LogP contribution is -2.25. The van der Waals surface area contributed by atoms with Crippen molar-refractivity contribution in [1.29, 1.82) is 5.41 Å². The maximum atomic E-state index is 7.77. The fourth-order valence-electron chi connectivity index (χ4n) is 2.17. The fourth-order valence-corrected chi connectivity index (χ4v) is 2.17. The molecular formula is C12H14N6. The quantitative estimate of drug-likeness (QED) is 0.796. The molecule has 0 saturated heterocycles. The zero-order valence-electron chi connectivity index (χ0n) is 9.87. The molecule has 0 amide bonds. The average molecular weight is 242 g/mol. The van der Waals surface area contributed by atoms with Crippen LogP contribution in [0, 0.1) is 5.41 Å². The summed E-state index contributed by atoms with van der Waals surface area (Å²) in [6.45, 7) is 2.34. The summed E-state index contributed by atoms with van der Waals surface area (Å²) in [6.07, 6.45) is 0. The summed E-state index contributed by atoms with van der Waals surface area (Å²) in [4.78, 5) is 10.2. The number of hydrogen-bond donors (Lipinski definition) is 2. The summed E-state index contributed by atoms with van der Waals surface area (Å²) >= 11 is 0. The Morgan fingerprint density at radius 2 is 1.94 bits per heavy atom. The average Bonchev–Trinajstić information content (AvgIpc) is 2.74. The summed E-state index contributed by atoms with van der Waals surface area (Å²) in [5.41, 5.74) is 7.00. The number of nitrogens with one attached hydrogen (secondary N) is 1. The molecule has 0 bridgehead atoms. The molecule has 1 aliphatic rings. The maximum Gasteiger partial charge on any atom is 0.228 e. The molecule has 0 atom stereocenters. The number of nitrogen functional groups attached to an aromatic ring is 1. The molecule has 1 aromatic carbocycles. The topological polar surface area (TPSA) is 83.8 Å². The first-order valence-electron chi connectivity index (χ1n) is 5.82.